The summed E-state index contributed by atoms with van der Waals surface area (Å²) in [5, 5.41) is 7.15. The van der Waals surface area contributed by atoms with Gasteiger partial charge in [0.25, 0.3) is 6.43 Å². The molecule has 0 radical (unpaired) electrons. The van der Waals surface area contributed by atoms with Crippen molar-refractivity contribution < 1.29 is 8.78 Å². The molecule has 9 nitrogen and oxygen atoms in total. The molecule has 0 bridgehead atoms. The van der Waals surface area contributed by atoms with Crippen molar-refractivity contribution >= 4 is 23.2 Å². The Kier molecular flexibility index (Phi) is 7.63. The zero-order chi connectivity index (χ0) is 25.1. The van der Waals surface area contributed by atoms with Crippen LogP contribution in [0, 0.1) is 6.92 Å². The maximum Gasteiger partial charge on any atom is 0.258 e. The number of hydrogen-bond donors (Lipinski definition) is 2. The summed E-state index contributed by atoms with van der Waals surface area (Å²) in [4.78, 5) is 17.9. The first-order valence-corrected chi connectivity index (χ1v) is 12.2. The van der Waals surface area contributed by atoms with Gasteiger partial charge in [-0.1, -0.05) is 19.4 Å². The highest BCUT2D eigenvalue weighted by atomic mass is 19.3. The van der Waals surface area contributed by atoms with E-state index in [-0.39, 0.29) is 11.8 Å². The smallest absolute Gasteiger partial charge is 0.258 e. The maximum atomic E-state index is 13.4. The summed E-state index contributed by atoms with van der Waals surface area (Å²) >= 11 is 0. The second-order valence-electron chi connectivity index (χ2n) is 9.52. The van der Waals surface area contributed by atoms with Gasteiger partial charge in [0.2, 0.25) is 5.95 Å². The van der Waals surface area contributed by atoms with Gasteiger partial charge in [0.1, 0.15) is 5.82 Å². The molecule has 190 valence electrons. The zero-order valence-electron chi connectivity index (χ0n) is 20.9. The number of halogens is 2. The molecule has 11 heteroatoms. The predicted molar refractivity (Wildman–Crippen MR) is 134 cm³/mol. The lowest BCUT2D eigenvalue weighted by Gasteiger charge is -2.36. The number of nitrogen functional groups attached to an aromatic ring is 1. The summed E-state index contributed by atoms with van der Waals surface area (Å²) < 4.78 is 28.3. The van der Waals surface area contributed by atoms with Crippen molar-refractivity contribution in [2.24, 2.45) is 0 Å². The molecular weight excluding hydrogens is 452 g/mol. The van der Waals surface area contributed by atoms with Crippen LogP contribution in [0.2, 0.25) is 0 Å². The normalized spacial score (nSPS) is 15.9. The molecular formula is C24H35F2N9. The first kappa shape index (κ1) is 25.0. The molecule has 0 aliphatic carbocycles. The first-order chi connectivity index (χ1) is 16.8. The number of piperidine rings is 1. The van der Waals surface area contributed by atoms with Crippen LogP contribution in [0.3, 0.4) is 0 Å². The number of nitrogens with zero attached hydrogens (tertiary/aromatic N) is 7. The van der Waals surface area contributed by atoms with E-state index in [2.05, 4.69) is 57.3 Å². The number of imidazole rings is 1. The van der Waals surface area contributed by atoms with Gasteiger partial charge in [-0.2, -0.15) is 4.98 Å². The number of aryl methyl sites for hydroxylation is 1. The number of nitrogens with two attached hydrogens (primary N) is 1. The van der Waals surface area contributed by atoms with Gasteiger partial charge in [-0.25, -0.2) is 23.3 Å². The Morgan fingerprint density at radius 1 is 1.20 bits per heavy atom. The lowest BCUT2D eigenvalue weighted by Crippen LogP contribution is -2.42. The van der Waals surface area contributed by atoms with Gasteiger partial charge in [0.15, 0.2) is 11.5 Å². The average molecular weight is 488 g/mol. The minimum absolute atomic E-state index is 0.0683. The van der Waals surface area contributed by atoms with Crippen LogP contribution in [0.1, 0.15) is 49.4 Å². The number of nitrogens with one attached hydrogen (secondary N) is 1. The Morgan fingerprint density at radius 3 is 2.57 bits per heavy atom. The molecule has 3 N–H and O–H groups in total. The largest absolute Gasteiger partial charge is 0.380 e. The molecule has 1 aliphatic rings. The van der Waals surface area contributed by atoms with E-state index in [0.717, 1.165) is 48.6 Å². The minimum Gasteiger partial charge on any atom is -0.380 e. The second-order valence-corrected chi connectivity index (χ2v) is 9.52. The zero-order valence-corrected chi connectivity index (χ0v) is 20.9. The molecule has 1 saturated heterocycles. The van der Waals surface area contributed by atoms with E-state index in [9.17, 15) is 8.78 Å². The molecule has 0 spiro atoms. The number of anilines is 3. The lowest BCUT2D eigenvalue weighted by atomic mass is 10.0. The average Bonchev–Trinajstić information content (AvgIpc) is 3.22. The van der Waals surface area contributed by atoms with Gasteiger partial charge in [-0.3, -0.25) is 0 Å². The molecule has 1 fully saturated rings. The highest BCUT2D eigenvalue weighted by molar-refractivity contribution is 5.61. The van der Waals surface area contributed by atoms with Crippen molar-refractivity contribution in [3.05, 3.63) is 35.3 Å². The minimum atomic E-state index is -2.53. The monoisotopic (exact) mass is 487 g/mol. The Hall–Kier alpha value is -3.08. The fraction of sp³-hybridized carbons (Fsp3) is 0.583. The van der Waals surface area contributed by atoms with Gasteiger partial charge in [-0.15, -0.1) is 5.10 Å². The fourth-order valence-electron chi connectivity index (χ4n) is 4.72. The SMILES string of the molecule is CCC[C@H](Nc1nc(N)c2ncc(Cc3cnc(N4CCC(N(C)C)CC4)c(C)c3)n2n1)C(F)F. The quantitative estimate of drug-likeness (QED) is 0.474. The molecule has 1 atom stereocenters. The Bertz CT molecular complexity index is 1140. The van der Waals surface area contributed by atoms with Crippen LogP contribution >= 0.6 is 0 Å². The van der Waals surface area contributed by atoms with Crippen LogP contribution in [-0.4, -0.2) is 75.2 Å². The van der Waals surface area contributed by atoms with Crippen LogP contribution in [0.5, 0.6) is 0 Å². The third-order valence-corrected chi connectivity index (χ3v) is 6.66. The van der Waals surface area contributed by atoms with E-state index in [4.69, 9.17) is 10.7 Å². The van der Waals surface area contributed by atoms with Crippen molar-refractivity contribution in [3.63, 3.8) is 0 Å². The number of aromatic nitrogens is 5. The molecule has 4 heterocycles. The van der Waals surface area contributed by atoms with Gasteiger partial charge in [-0.05, 0) is 51.4 Å². The van der Waals surface area contributed by atoms with Crippen molar-refractivity contribution in [2.75, 3.05) is 43.1 Å². The number of fused-ring (bicyclic) bond motifs is 1. The summed E-state index contributed by atoms with van der Waals surface area (Å²) in [5.41, 5.74) is 9.38. The fourth-order valence-corrected chi connectivity index (χ4v) is 4.72. The van der Waals surface area contributed by atoms with E-state index in [0.29, 0.717) is 31.0 Å². The number of alkyl halides is 2. The topological polar surface area (TPSA) is 100 Å². The third kappa shape index (κ3) is 5.61. The molecule has 1 aliphatic heterocycles. The molecule has 0 unspecified atom stereocenters. The maximum absolute atomic E-state index is 13.4. The highest BCUT2D eigenvalue weighted by Crippen LogP contribution is 2.25. The van der Waals surface area contributed by atoms with Crippen molar-refractivity contribution in [1.29, 1.82) is 0 Å². The van der Waals surface area contributed by atoms with Crippen LogP contribution < -0.4 is 16.0 Å². The predicted octanol–water partition coefficient (Wildman–Crippen LogP) is 3.38. The van der Waals surface area contributed by atoms with E-state index in [1.54, 1.807) is 10.7 Å². The number of pyridine rings is 1. The molecule has 0 amide bonds. The van der Waals surface area contributed by atoms with Crippen molar-refractivity contribution in [3.8, 4) is 0 Å². The molecule has 35 heavy (non-hydrogen) atoms. The van der Waals surface area contributed by atoms with Gasteiger partial charge < -0.3 is 20.9 Å². The standard InChI is InChI=1S/C24H35F2N9/c1-5-6-19(20(25)26)30-24-31-21(27)23-29-14-18(35(23)32-24)12-16-11-15(2)22(28-13-16)34-9-7-17(8-10-34)33(3)4/h11,13-14,17,19-20H,5-10,12H2,1-4H3,(H3,27,30,31,32)/t19-/m0/s1. The Morgan fingerprint density at radius 2 is 1.94 bits per heavy atom. The van der Waals surface area contributed by atoms with E-state index in [1.807, 2.05) is 13.1 Å². The highest BCUT2D eigenvalue weighted by Gasteiger charge is 2.23. The Balaban J connectivity index is 1.52. The summed E-state index contributed by atoms with van der Waals surface area (Å²) in [5.74, 6) is 1.24. The summed E-state index contributed by atoms with van der Waals surface area (Å²) in [6.07, 6.45) is 4.75. The summed E-state index contributed by atoms with van der Waals surface area (Å²) in [7, 11) is 4.28. The first-order valence-electron chi connectivity index (χ1n) is 12.2. The number of rotatable bonds is 9. The molecule has 4 rings (SSSR count). The molecule has 0 saturated carbocycles. The summed E-state index contributed by atoms with van der Waals surface area (Å²) in [6.45, 7) is 5.93. The Labute approximate surface area is 204 Å². The molecule has 0 aromatic carbocycles. The third-order valence-electron chi connectivity index (χ3n) is 6.66. The van der Waals surface area contributed by atoms with Crippen LogP contribution in [0.15, 0.2) is 18.5 Å². The van der Waals surface area contributed by atoms with Crippen molar-refractivity contribution in [2.45, 2.75) is 64.5 Å². The van der Waals surface area contributed by atoms with E-state index >= 15 is 0 Å². The van der Waals surface area contributed by atoms with Crippen molar-refractivity contribution in [1.82, 2.24) is 29.5 Å². The molecule has 3 aromatic heterocycles. The van der Waals surface area contributed by atoms with Gasteiger partial charge >= 0.3 is 0 Å². The van der Waals surface area contributed by atoms with Gasteiger partial charge in [0, 0.05) is 31.7 Å². The summed E-state index contributed by atoms with van der Waals surface area (Å²) in [6, 6.07) is 1.72. The van der Waals surface area contributed by atoms with E-state index < -0.39 is 12.5 Å². The van der Waals surface area contributed by atoms with Crippen LogP contribution in [0.25, 0.3) is 5.65 Å². The number of hydrogen-bond acceptors (Lipinski definition) is 8. The van der Waals surface area contributed by atoms with Crippen LogP contribution in [-0.2, 0) is 6.42 Å². The second kappa shape index (κ2) is 10.7. The van der Waals surface area contributed by atoms with Gasteiger partial charge in [0.05, 0.1) is 17.9 Å². The molecule has 3 aromatic rings. The van der Waals surface area contributed by atoms with Crippen LogP contribution in [0.4, 0.5) is 26.4 Å². The van der Waals surface area contributed by atoms with E-state index in [1.165, 1.54) is 0 Å². The lowest BCUT2D eigenvalue weighted by molar-refractivity contribution is 0.119.